The van der Waals surface area contributed by atoms with E-state index in [2.05, 4.69) is 33.1 Å². The Labute approximate surface area is 144 Å². The van der Waals surface area contributed by atoms with Crippen molar-refractivity contribution >= 4 is 16.7 Å². The molecule has 4 rings (SSSR count). The second-order valence-corrected chi connectivity index (χ2v) is 8.11. The normalized spacial score (nSPS) is 24.1. The van der Waals surface area contributed by atoms with E-state index in [-0.39, 0.29) is 0 Å². The Morgan fingerprint density at radius 2 is 2.12 bits per heavy atom. The van der Waals surface area contributed by atoms with Crippen molar-refractivity contribution in [2.24, 2.45) is 5.92 Å². The van der Waals surface area contributed by atoms with Crippen LogP contribution in [0.15, 0.2) is 34.4 Å². The largest absolute Gasteiger partial charge is 0.341 e. The zero-order chi connectivity index (χ0) is 16.5. The zero-order valence-electron chi connectivity index (χ0n) is 13.6. The number of allylic oxidation sites excluding steroid dienone is 4. The molecule has 1 atom stereocenters. The average Bonchev–Trinajstić information content (AvgIpc) is 3.02. The molecule has 3 aliphatic rings. The van der Waals surface area contributed by atoms with Gasteiger partial charge < -0.3 is 4.90 Å². The molecular formula is C18H20N4OS. The predicted molar refractivity (Wildman–Crippen MR) is 93.0 cm³/mol. The SMILES string of the molecule is N#CC1=CC(C2CCN(c3ncc4c(n3)CCS4=O)CC2)=CCC1. The van der Waals surface area contributed by atoms with Gasteiger partial charge in [0, 0.05) is 37.0 Å². The van der Waals surface area contributed by atoms with Crippen LogP contribution < -0.4 is 4.90 Å². The van der Waals surface area contributed by atoms with Crippen LogP contribution in [-0.2, 0) is 17.2 Å². The highest BCUT2D eigenvalue weighted by molar-refractivity contribution is 7.85. The lowest BCUT2D eigenvalue weighted by atomic mass is 9.85. The van der Waals surface area contributed by atoms with Gasteiger partial charge in [-0.2, -0.15) is 5.26 Å². The third-order valence-electron chi connectivity index (χ3n) is 5.11. The number of hydrogen-bond acceptors (Lipinski definition) is 5. The quantitative estimate of drug-likeness (QED) is 0.827. The van der Waals surface area contributed by atoms with E-state index in [0.717, 1.165) is 67.3 Å². The lowest BCUT2D eigenvalue weighted by molar-refractivity contribution is 0.457. The molecule has 0 aromatic carbocycles. The van der Waals surface area contributed by atoms with Gasteiger partial charge in [-0.3, -0.25) is 4.21 Å². The summed E-state index contributed by atoms with van der Waals surface area (Å²) in [6.45, 7) is 1.86. The van der Waals surface area contributed by atoms with E-state index in [9.17, 15) is 4.21 Å². The van der Waals surface area contributed by atoms with Crippen molar-refractivity contribution in [2.45, 2.75) is 37.0 Å². The van der Waals surface area contributed by atoms with E-state index < -0.39 is 10.8 Å². The number of piperidine rings is 1. The Kier molecular flexibility index (Phi) is 4.19. The molecule has 24 heavy (non-hydrogen) atoms. The molecule has 1 unspecified atom stereocenters. The van der Waals surface area contributed by atoms with E-state index in [0.29, 0.717) is 11.7 Å². The van der Waals surface area contributed by atoms with Crippen molar-refractivity contribution in [3.05, 3.63) is 35.2 Å². The number of hydrogen-bond donors (Lipinski definition) is 0. The second-order valence-electron chi connectivity index (χ2n) is 6.57. The van der Waals surface area contributed by atoms with Crippen LogP contribution in [0, 0.1) is 17.2 Å². The van der Waals surface area contributed by atoms with Crippen LogP contribution in [0.2, 0.25) is 0 Å². The van der Waals surface area contributed by atoms with Gasteiger partial charge in [0.1, 0.15) is 0 Å². The molecule has 1 fully saturated rings. The summed E-state index contributed by atoms with van der Waals surface area (Å²) in [6, 6.07) is 2.30. The van der Waals surface area contributed by atoms with Gasteiger partial charge in [0.15, 0.2) is 0 Å². The summed E-state index contributed by atoms with van der Waals surface area (Å²) in [4.78, 5) is 12.1. The number of anilines is 1. The topological polar surface area (TPSA) is 69.9 Å². The molecule has 0 bridgehead atoms. The molecule has 1 aromatic rings. The van der Waals surface area contributed by atoms with Crippen LogP contribution in [0.5, 0.6) is 0 Å². The minimum atomic E-state index is -0.908. The first kappa shape index (κ1) is 15.5. The predicted octanol–water partition coefficient (Wildman–Crippen LogP) is 2.53. The highest BCUT2D eigenvalue weighted by atomic mass is 32.2. The van der Waals surface area contributed by atoms with Crippen molar-refractivity contribution in [1.29, 1.82) is 5.26 Å². The summed E-state index contributed by atoms with van der Waals surface area (Å²) >= 11 is 0. The first-order valence-corrected chi connectivity index (χ1v) is 9.86. The van der Waals surface area contributed by atoms with Crippen LogP contribution in [0.25, 0.3) is 0 Å². The van der Waals surface area contributed by atoms with Gasteiger partial charge in [0.2, 0.25) is 5.95 Å². The first-order chi connectivity index (χ1) is 11.7. The van der Waals surface area contributed by atoms with Crippen LogP contribution in [0.4, 0.5) is 5.95 Å². The number of aryl methyl sites for hydroxylation is 1. The molecule has 124 valence electrons. The molecule has 1 aromatic heterocycles. The second kappa shape index (κ2) is 6.48. The fraction of sp³-hybridized carbons (Fsp3) is 0.500. The van der Waals surface area contributed by atoms with Gasteiger partial charge in [0.05, 0.1) is 27.5 Å². The summed E-state index contributed by atoms with van der Waals surface area (Å²) in [7, 11) is -0.908. The number of rotatable bonds is 2. The third kappa shape index (κ3) is 2.89. The van der Waals surface area contributed by atoms with Crippen molar-refractivity contribution in [3.8, 4) is 6.07 Å². The molecule has 0 radical (unpaired) electrons. The number of fused-ring (bicyclic) bond motifs is 1. The van der Waals surface area contributed by atoms with Gasteiger partial charge in [-0.25, -0.2) is 9.97 Å². The van der Waals surface area contributed by atoms with E-state index in [4.69, 9.17) is 5.26 Å². The summed E-state index contributed by atoms with van der Waals surface area (Å²) < 4.78 is 11.8. The molecule has 0 N–H and O–H groups in total. The highest BCUT2D eigenvalue weighted by Crippen LogP contribution is 2.31. The summed E-state index contributed by atoms with van der Waals surface area (Å²) in [6.07, 6.45) is 10.9. The number of nitrogens with zero attached hydrogens (tertiary/aromatic N) is 4. The van der Waals surface area contributed by atoms with E-state index in [1.165, 1.54) is 5.57 Å². The van der Waals surface area contributed by atoms with Gasteiger partial charge in [-0.1, -0.05) is 6.08 Å². The molecule has 0 amide bonds. The minimum Gasteiger partial charge on any atom is -0.341 e. The monoisotopic (exact) mass is 340 g/mol. The lowest BCUT2D eigenvalue weighted by Gasteiger charge is -2.33. The van der Waals surface area contributed by atoms with Crippen LogP contribution in [0.3, 0.4) is 0 Å². The molecule has 3 heterocycles. The van der Waals surface area contributed by atoms with Crippen LogP contribution in [-0.4, -0.2) is 33.0 Å². The van der Waals surface area contributed by atoms with Gasteiger partial charge in [-0.15, -0.1) is 0 Å². The van der Waals surface area contributed by atoms with Gasteiger partial charge in [-0.05, 0) is 43.3 Å². The Bertz CT molecular complexity index is 785. The summed E-state index contributed by atoms with van der Waals surface area (Å²) in [5.41, 5.74) is 3.20. The van der Waals surface area contributed by atoms with Gasteiger partial charge in [0.25, 0.3) is 0 Å². The van der Waals surface area contributed by atoms with Crippen LogP contribution >= 0.6 is 0 Å². The van der Waals surface area contributed by atoms with Crippen molar-refractivity contribution in [3.63, 3.8) is 0 Å². The van der Waals surface area contributed by atoms with Crippen molar-refractivity contribution in [2.75, 3.05) is 23.7 Å². The maximum atomic E-state index is 11.8. The van der Waals surface area contributed by atoms with Crippen molar-refractivity contribution in [1.82, 2.24) is 9.97 Å². The van der Waals surface area contributed by atoms with Gasteiger partial charge >= 0.3 is 0 Å². The first-order valence-electron chi connectivity index (χ1n) is 8.54. The number of aromatic nitrogens is 2. The van der Waals surface area contributed by atoms with Crippen molar-refractivity contribution < 1.29 is 4.21 Å². The summed E-state index contributed by atoms with van der Waals surface area (Å²) in [5, 5.41) is 9.10. The smallest absolute Gasteiger partial charge is 0.225 e. The highest BCUT2D eigenvalue weighted by Gasteiger charge is 2.26. The fourth-order valence-corrected chi connectivity index (χ4v) is 4.91. The molecule has 2 aliphatic heterocycles. The van der Waals surface area contributed by atoms with Crippen LogP contribution in [0.1, 0.15) is 31.4 Å². The molecular weight excluding hydrogens is 320 g/mol. The molecule has 0 saturated carbocycles. The maximum absolute atomic E-state index is 11.8. The Morgan fingerprint density at radius 1 is 1.29 bits per heavy atom. The standard InChI is InChI=1S/C18H20N4OS/c19-11-13-2-1-3-15(10-13)14-4-7-22(8-5-14)18-20-12-17-16(21-18)6-9-24(17)23/h3,10,12,14H,1-2,4-9H2. The average molecular weight is 340 g/mol. The van der Waals surface area contributed by atoms with E-state index >= 15 is 0 Å². The Hall–Kier alpha value is -2.00. The molecule has 1 saturated heterocycles. The summed E-state index contributed by atoms with van der Waals surface area (Å²) in [5.74, 6) is 1.99. The fourth-order valence-electron chi connectivity index (χ4n) is 3.73. The minimum absolute atomic E-state index is 0.534. The molecule has 5 nitrogen and oxygen atoms in total. The molecule has 6 heteroatoms. The molecule has 0 spiro atoms. The number of nitriles is 1. The van der Waals surface area contributed by atoms with E-state index in [1.807, 2.05) is 0 Å². The zero-order valence-corrected chi connectivity index (χ0v) is 14.4. The Balaban J connectivity index is 1.44. The van der Waals surface area contributed by atoms with E-state index in [1.54, 1.807) is 6.20 Å². The lowest BCUT2D eigenvalue weighted by Crippen LogP contribution is -2.35. The third-order valence-corrected chi connectivity index (χ3v) is 6.52. The molecule has 1 aliphatic carbocycles. The Morgan fingerprint density at radius 3 is 2.92 bits per heavy atom. The maximum Gasteiger partial charge on any atom is 0.225 e.